The third-order valence-electron chi connectivity index (χ3n) is 12.5. The molecule has 0 aliphatic heterocycles. The Labute approximate surface area is 370 Å². The minimum Gasteiger partial charge on any atom is -0.457 e. The van der Waals surface area contributed by atoms with Gasteiger partial charge in [-0.1, -0.05) is 142 Å². The number of imidazole rings is 1. The van der Waals surface area contributed by atoms with Gasteiger partial charge in [0, 0.05) is 51.0 Å². The van der Waals surface area contributed by atoms with Gasteiger partial charge in [-0.25, -0.2) is 4.98 Å². The Kier molecular flexibility index (Phi) is 8.63. The molecule has 12 rings (SSSR count). The van der Waals surface area contributed by atoms with Crippen molar-refractivity contribution >= 4 is 60.3 Å². The maximum Gasteiger partial charge on any atom is 0.255 e. The summed E-state index contributed by atoms with van der Waals surface area (Å²) < 4.78 is 20.6. The molecule has 0 aliphatic rings. The Morgan fingerprint density at radius 2 is 1.14 bits per heavy atom. The van der Waals surface area contributed by atoms with Gasteiger partial charge < -0.3 is 9.15 Å². The van der Waals surface area contributed by atoms with Crippen LogP contribution in [0, 0.1) is 0 Å². The van der Waals surface area contributed by atoms with Crippen LogP contribution < -0.4 is 9.30 Å². The average molecular weight is 828 g/mol. The molecule has 4 heterocycles. The van der Waals surface area contributed by atoms with Crippen molar-refractivity contribution in [3.05, 3.63) is 212 Å². The SMILES string of the molecule is CC(C)(C)c1ccnc(-n2c3ccccc3c3ccc(Oc4ccc5oc6ccccc6c6cccc7c6n(c[n+]7-c6c(-c7ccccc7)cccc6-c6ccccc6)c5c4)cc32)c1. The third kappa shape index (κ3) is 6.17. The molecular formula is C58H43N4O2+. The zero-order chi connectivity index (χ0) is 42.9. The molecule has 0 bridgehead atoms. The van der Waals surface area contributed by atoms with E-state index in [0.29, 0.717) is 5.75 Å². The van der Waals surface area contributed by atoms with E-state index in [-0.39, 0.29) is 5.41 Å². The summed E-state index contributed by atoms with van der Waals surface area (Å²) in [6, 6.07) is 68.1. The molecule has 0 spiro atoms. The van der Waals surface area contributed by atoms with Gasteiger partial charge in [0.2, 0.25) is 0 Å². The molecule has 8 aromatic carbocycles. The lowest BCUT2D eigenvalue weighted by Crippen LogP contribution is -2.30. The normalized spacial score (nSPS) is 12.0. The Morgan fingerprint density at radius 1 is 0.516 bits per heavy atom. The number of para-hydroxylation sites is 4. The number of ether oxygens (including phenoxy) is 1. The number of pyridine rings is 1. The Hall–Kier alpha value is -8.22. The standard InChI is InChI=1S/C58H43N4O2/c1-58(2,3)40-32-33-59-55(34-40)62-49-25-12-10-20-45(49)46-30-28-41(35-51(46)62)63-42-29-31-54-52(36-42)61-37-60(50-26-15-24-48(57(50)61)47-21-11-13-27-53(47)64-54)56-43(38-16-6-4-7-17-38)22-14-23-44(56)39-18-8-5-9-19-39/h4-37H,1-3H3/q+1. The van der Waals surface area contributed by atoms with Gasteiger partial charge in [-0.2, -0.15) is 8.97 Å². The van der Waals surface area contributed by atoms with Crippen LogP contribution in [0.25, 0.3) is 94.1 Å². The second-order valence-electron chi connectivity index (χ2n) is 17.5. The monoisotopic (exact) mass is 827 g/mol. The summed E-state index contributed by atoms with van der Waals surface area (Å²) in [5.41, 5.74) is 13.5. The second-order valence-corrected chi connectivity index (χ2v) is 17.5. The summed E-state index contributed by atoms with van der Waals surface area (Å²) in [6.45, 7) is 6.70. The fraction of sp³-hybridized carbons (Fsp3) is 0.0690. The van der Waals surface area contributed by atoms with Crippen LogP contribution in [0.4, 0.5) is 0 Å². The summed E-state index contributed by atoms with van der Waals surface area (Å²) in [5, 5.41) is 4.40. The fourth-order valence-corrected chi connectivity index (χ4v) is 9.43. The summed E-state index contributed by atoms with van der Waals surface area (Å²) in [7, 11) is 0. The van der Waals surface area contributed by atoms with E-state index in [1.54, 1.807) is 0 Å². The van der Waals surface area contributed by atoms with Gasteiger partial charge in [-0.05, 0) is 82.8 Å². The van der Waals surface area contributed by atoms with Crippen LogP contribution in [0.1, 0.15) is 26.3 Å². The van der Waals surface area contributed by atoms with Gasteiger partial charge in [-0.15, -0.1) is 0 Å². The first-order chi connectivity index (χ1) is 31.4. The maximum absolute atomic E-state index is 6.88. The van der Waals surface area contributed by atoms with Crippen molar-refractivity contribution < 1.29 is 13.7 Å². The van der Waals surface area contributed by atoms with E-state index in [4.69, 9.17) is 14.1 Å². The van der Waals surface area contributed by atoms with Crippen molar-refractivity contribution in [2.75, 3.05) is 0 Å². The molecule has 6 nitrogen and oxygen atoms in total. The highest BCUT2D eigenvalue weighted by Gasteiger charge is 2.26. The molecule has 12 aromatic rings. The molecule has 0 radical (unpaired) electrons. The van der Waals surface area contributed by atoms with E-state index < -0.39 is 0 Å². The van der Waals surface area contributed by atoms with E-state index in [0.717, 1.165) is 94.4 Å². The van der Waals surface area contributed by atoms with Crippen LogP contribution in [0.2, 0.25) is 0 Å². The Bertz CT molecular complexity index is 3740. The van der Waals surface area contributed by atoms with Crippen LogP contribution in [-0.4, -0.2) is 14.0 Å². The van der Waals surface area contributed by atoms with E-state index in [2.05, 4.69) is 210 Å². The lowest BCUT2D eigenvalue weighted by molar-refractivity contribution is -0.566. The predicted octanol–water partition coefficient (Wildman–Crippen LogP) is 14.7. The Balaban J connectivity index is 1.09. The topological polar surface area (TPSA) is 48.5 Å². The summed E-state index contributed by atoms with van der Waals surface area (Å²) in [6.07, 6.45) is 4.13. The zero-order valence-electron chi connectivity index (χ0n) is 35.7. The molecule has 64 heavy (non-hydrogen) atoms. The molecule has 0 saturated heterocycles. The largest absolute Gasteiger partial charge is 0.457 e. The number of nitrogens with zero attached hydrogens (tertiary/aromatic N) is 4. The maximum atomic E-state index is 6.88. The molecule has 0 N–H and O–H groups in total. The third-order valence-corrected chi connectivity index (χ3v) is 12.5. The lowest BCUT2D eigenvalue weighted by Gasteiger charge is -2.20. The summed E-state index contributed by atoms with van der Waals surface area (Å²) >= 11 is 0. The van der Waals surface area contributed by atoms with Crippen LogP contribution in [0.15, 0.2) is 211 Å². The first-order valence-corrected chi connectivity index (χ1v) is 21.8. The van der Waals surface area contributed by atoms with Crippen molar-refractivity contribution in [1.82, 2.24) is 14.0 Å². The van der Waals surface area contributed by atoms with Crippen molar-refractivity contribution in [3.8, 4) is 45.3 Å². The van der Waals surface area contributed by atoms with Gasteiger partial charge in [0.15, 0.2) is 22.1 Å². The van der Waals surface area contributed by atoms with Crippen LogP contribution >= 0.6 is 0 Å². The number of rotatable bonds is 6. The number of hydrogen-bond acceptors (Lipinski definition) is 3. The van der Waals surface area contributed by atoms with Crippen molar-refractivity contribution in [2.24, 2.45) is 0 Å². The molecular weight excluding hydrogens is 785 g/mol. The molecule has 306 valence electrons. The minimum atomic E-state index is -0.0264. The molecule has 0 fully saturated rings. The molecule has 0 amide bonds. The number of hydrogen-bond donors (Lipinski definition) is 0. The number of aromatic nitrogens is 4. The summed E-state index contributed by atoms with van der Waals surface area (Å²) in [4.78, 5) is 4.90. The summed E-state index contributed by atoms with van der Waals surface area (Å²) in [5.74, 6) is 2.28. The highest BCUT2D eigenvalue weighted by molar-refractivity contribution is 6.10. The van der Waals surface area contributed by atoms with Crippen molar-refractivity contribution in [2.45, 2.75) is 26.2 Å². The van der Waals surface area contributed by atoms with E-state index in [1.165, 1.54) is 10.9 Å². The molecule has 4 aromatic heterocycles. The van der Waals surface area contributed by atoms with Gasteiger partial charge in [0.1, 0.15) is 28.6 Å². The van der Waals surface area contributed by atoms with Gasteiger partial charge in [0.25, 0.3) is 6.33 Å². The highest BCUT2D eigenvalue weighted by Crippen LogP contribution is 2.39. The van der Waals surface area contributed by atoms with Crippen molar-refractivity contribution in [3.63, 3.8) is 0 Å². The van der Waals surface area contributed by atoms with E-state index in [1.807, 2.05) is 30.5 Å². The Morgan fingerprint density at radius 3 is 1.89 bits per heavy atom. The van der Waals surface area contributed by atoms with E-state index in [9.17, 15) is 0 Å². The van der Waals surface area contributed by atoms with Crippen LogP contribution in [0.3, 0.4) is 0 Å². The van der Waals surface area contributed by atoms with Crippen molar-refractivity contribution in [1.29, 1.82) is 0 Å². The quantitative estimate of drug-likeness (QED) is 0.157. The smallest absolute Gasteiger partial charge is 0.255 e. The predicted molar refractivity (Wildman–Crippen MR) is 261 cm³/mol. The van der Waals surface area contributed by atoms with Gasteiger partial charge >= 0.3 is 0 Å². The average Bonchev–Trinajstić information content (AvgIpc) is 3.88. The van der Waals surface area contributed by atoms with Crippen LogP contribution in [-0.2, 0) is 5.41 Å². The first-order valence-electron chi connectivity index (χ1n) is 21.8. The minimum absolute atomic E-state index is 0.0264. The fourth-order valence-electron chi connectivity index (χ4n) is 9.43. The van der Waals surface area contributed by atoms with E-state index >= 15 is 0 Å². The molecule has 0 unspecified atom stereocenters. The zero-order valence-corrected chi connectivity index (χ0v) is 35.7. The molecule has 0 atom stereocenters. The second kappa shape index (κ2) is 14.7. The number of fused-ring (bicyclic) bond motifs is 7. The molecule has 6 heteroatoms. The molecule has 0 aliphatic carbocycles. The van der Waals surface area contributed by atoms with Gasteiger partial charge in [-0.3, -0.25) is 4.57 Å². The van der Waals surface area contributed by atoms with Crippen LogP contribution in [0.5, 0.6) is 11.5 Å². The molecule has 0 saturated carbocycles. The van der Waals surface area contributed by atoms with Gasteiger partial charge in [0.05, 0.1) is 11.0 Å². The highest BCUT2D eigenvalue weighted by atomic mass is 16.5. The first kappa shape index (κ1) is 37.5. The lowest BCUT2D eigenvalue weighted by atomic mass is 9.88. The number of benzene rings is 8.